The van der Waals surface area contributed by atoms with E-state index < -0.39 is 49.5 Å². The molecule has 1 heterocycles. The van der Waals surface area contributed by atoms with E-state index in [1.54, 1.807) is 6.08 Å². The maximum Gasteiger partial charge on any atom is 0.220 e. The molecule has 9 heteroatoms. The third-order valence-corrected chi connectivity index (χ3v) is 11.8. The molecule has 360 valence electrons. The molecule has 7 unspecified atom stereocenters. The fraction of sp³-hybridized carbons (Fsp3) is 0.792. The third kappa shape index (κ3) is 32.5. The molecule has 0 saturated carbocycles. The second-order valence-electron chi connectivity index (χ2n) is 17.6. The van der Waals surface area contributed by atoms with Gasteiger partial charge in [-0.1, -0.05) is 209 Å². The van der Waals surface area contributed by atoms with Crippen LogP contribution < -0.4 is 5.32 Å². The van der Waals surface area contributed by atoms with E-state index in [4.69, 9.17) is 9.47 Å². The summed E-state index contributed by atoms with van der Waals surface area (Å²) in [6.07, 6.45) is 50.0. The number of nitrogens with one attached hydrogen (secondary N) is 1. The molecular weight excluding hydrogens is 779 g/mol. The zero-order chi connectivity index (χ0) is 45.1. The lowest BCUT2D eigenvalue weighted by Gasteiger charge is -2.40. The number of carbonyl (C=O) groups is 1. The van der Waals surface area contributed by atoms with Crippen LogP contribution in [-0.2, 0) is 14.3 Å². The first kappa shape index (κ1) is 57.9. The average Bonchev–Trinajstić information content (AvgIpc) is 3.27. The molecule has 1 aliphatic heterocycles. The fourth-order valence-corrected chi connectivity index (χ4v) is 7.79. The number of allylic oxidation sites excluding steroid dienone is 9. The first-order chi connectivity index (χ1) is 30.3. The van der Waals surface area contributed by atoms with E-state index in [9.17, 15) is 30.3 Å². The Balaban J connectivity index is 2.30. The molecule has 1 amide bonds. The van der Waals surface area contributed by atoms with Gasteiger partial charge in [0, 0.05) is 6.42 Å². The van der Waals surface area contributed by atoms with Crippen molar-refractivity contribution in [2.24, 2.45) is 0 Å². The third-order valence-electron chi connectivity index (χ3n) is 11.8. The van der Waals surface area contributed by atoms with E-state index in [1.165, 1.54) is 128 Å². The summed E-state index contributed by atoms with van der Waals surface area (Å²) in [7, 11) is 0. The van der Waals surface area contributed by atoms with Crippen molar-refractivity contribution in [3.8, 4) is 0 Å². The molecule has 7 atom stereocenters. The molecule has 0 radical (unpaired) electrons. The quantitative estimate of drug-likeness (QED) is 0.0262. The molecule has 1 aliphatic rings. The van der Waals surface area contributed by atoms with E-state index >= 15 is 0 Å². The average molecular weight is 874 g/mol. The first-order valence-corrected chi connectivity index (χ1v) is 25.5. The van der Waals surface area contributed by atoms with Gasteiger partial charge in [-0.25, -0.2) is 0 Å². The van der Waals surface area contributed by atoms with Gasteiger partial charge in [-0.2, -0.15) is 0 Å². The Bertz CT molecular complexity index is 1150. The van der Waals surface area contributed by atoms with Crippen molar-refractivity contribution in [1.82, 2.24) is 5.32 Å². The van der Waals surface area contributed by atoms with E-state index in [2.05, 4.69) is 67.8 Å². The summed E-state index contributed by atoms with van der Waals surface area (Å²) in [4.78, 5) is 13.0. The predicted molar refractivity (Wildman–Crippen MR) is 258 cm³/mol. The van der Waals surface area contributed by atoms with Crippen molar-refractivity contribution in [2.75, 3.05) is 13.2 Å². The minimum Gasteiger partial charge on any atom is -0.394 e. The molecule has 0 aliphatic carbocycles. The lowest BCUT2D eigenvalue weighted by Crippen LogP contribution is -2.60. The minimum atomic E-state index is -1.58. The van der Waals surface area contributed by atoms with Gasteiger partial charge in [0.1, 0.15) is 24.4 Å². The molecule has 6 N–H and O–H groups in total. The highest BCUT2D eigenvalue weighted by Gasteiger charge is 2.44. The van der Waals surface area contributed by atoms with Crippen LogP contribution in [0.1, 0.15) is 213 Å². The van der Waals surface area contributed by atoms with Crippen molar-refractivity contribution in [3.63, 3.8) is 0 Å². The number of hydrogen-bond donors (Lipinski definition) is 6. The Hall–Kier alpha value is -2.11. The topological polar surface area (TPSA) is 149 Å². The molecular formula is C53H95NO8. The first-order valence-electron chi connectivity index (χ1n) is 25.5. The van der Waals surface area contributed by atoms with Gasteiger partial charge < -0.3 is 40.3 Å². The Labute approximate surface area is 379 Å². The maximum absolute atomic E-state index is 13.0. The summed E-state index contributed by atoms with van der Waals surface area (Å²) >= 11 is 0. The summed E-state index contributed by atoms with van der Waals surface area (Å²) in [6.45, 7) is 3.64. The van der Waals surface area contributed by atoms with Crippen LogP contribution in [0.3, 0.4) is 0 Å². The van der Waals surface area contributed by atoms with Gasteiger partial charge in [-0.05, 0) is 57.8 Å². The SMILES string of the molecule is CC/C=C\C/C=C\C/C=C\C/C=C\CCCCC(=O)NC(COC1OC(CO)C(O)C(O)C1O)C(O)/C=C/CCCCCCCCCCCCCCCCCCCCCCCC. The number of carbonyl (C=O) groups excluding carboxylic acids is 1. The largest absolute Gasteiger partial charge is 0.394 e. The van der Waals surface area contributed by atoms with Crippen molar-refractivity contribution >= 4 is 5.91 Å². The lowest BCUT2D eigenvalue weighted by atomic mass is 9.99. The smallest absolute Gasteiger partial charge is 0.220 e. The molecule has 1 rings (SSSR count). The van der Waals surface area contributed by atoms with Gasteiger partial charge >= 0.3 is 0 Å². The number of aliphatic hydroxyl groups is 5. The summed E-state index contributed by atoms with van der Waals surface area (Å²) in [5, 5.41) is 54.3. The zero-order valence-electron chi connectivity index (χ0n) is 39.6. The summed E-state index contributed by atoms with van der Waals surface area (Å²) in [5.74, 6) is -0.218. The number of ether oxygens (including phenoxy) is 2. The monoisotopic (exact) mass is 874 g/mol. The molecule has 9 nitrogen and oxygen atoms in total. The predicted octanol–water partition coefficient (Wildman–Crippen LogP) is 11.6. The van der Waals surface area contributed by atoms with Crippen molar-refractivity contribution in [2.45, 2.75) is 256 Å². The number of rotatable bonds is 42. The second kappa shape index (κ2) is 42.8. The Kier molecular flexibility index (Phi) is 40.0. The van der Waals surface area contributed by atoms with Crippen LogP contribution >= 0.6 is 0 Å². The minimum absolute atomic E-state index is 0.207. The Morgan fingerprint density at radius 2 is 1.00 bits per heavy atom. The molecule has 62 heavy (non-hydrogen) atoms. The van der Waals surface area contributed by atoms with Crippen molar-refractivity contribution in [3.05, 3.63) is 60.8 Å². The Morgan fingerprint density at radius 3 is 1.48 bits per heavy atom. The fourth-order valence-electron chi connectivity index (χ4n) is 7.79. The summed E-state index contributed by atoms with van der Waals surface area (Å²) in [5.41, 5.74) is 0. The van der Waals surface area contributed by atoms with Gasteiger partial charge in [0.05, 0.1) is 25.4 Å². The standard InChI is InChI=1S/C53H95NO8/c1-3-5-7-9-11-13-15-17-19-20-21-22-23-24-25-26-27-29-30-32-34-36-38-40-42-47(56)46(45-61-53-52(60)51(59)50(58)48(44-55)62-53)54-49(57)43-41-39-37-35-33-31-28-18-16-14-12-10-8-6-4-2/h6,8,12,14,18,28,33,35,40,42,46-48,50-53,55-56,58-60H,3-5,7,9-11,13,15-17,19-27,29-32,34,36-39,41,43-45H2,1-2H3,(H,54,57)/b8-6-,14-12-,28-18-,35-33-,42-40+. The van der Waals surface area contributed by atoms with Crippen molar-refractivity contribution in [1.29, 1.82) is 0 Å². The van der Waals surface area contributed by atoms with E-state index in [-0.39, 0.29) is 12.5 Å². The summed E-state index contributed by atoms with van der Waals surface area (Å²) in [6, 6.07) is -0.829. The van der Waals surface area contributed by atoms with Crippen LogP contribution in [0.2, 0.25) is 0 Å². The maximum atomic E-state index is 13.0. The number of unbranched alkanes of at least 4 members (excludes halogenated alkanes) is 24. The lowest BCUT2D eigenvalue weighted by molar-refractivity contribution is -0.302. The van der Waals surface area contributed by atoms with Gasteiger partial charge in [0.15, 0.2) is 6.29 Å². The van der Waals surface area contributed by atoms with Gasteiger partial charge in [0.25, 0.3) is 0 Å². The van der Waals surface area contributed by atoms with E-state index in [0.717, 1.165) is 57.8 Å². The number of amides is 1. The van der Waals surface area contributed by atoms with Gasteiger partial charge in [-0.3, -0.25) is 4.79 Å². The van der Waals surface area contributed by atoms with E-state index in [1.807, 2.05) is 6.08 Å². The molecule has 1 fully saturated rings. The normalized spacial score (nSPS) is 20.8. The summed E-state index contributed by atoms with van der Waals surface area (Å²) < 4.78 is 11.2. The number of hydrogen-bond acceptors (Lipinski definition) is 8. The molecule has 0 aromatic heterocycles. The van der Waals surface area contributed by atoms with Gasteiger partial charge in [0.2, 0.25) is 5.91 Å². The second-order valence-corrected chi connectivity index (χ2v) is 17.6. The van der Waals surface area contributed by atoms with E-state index in [0.29, 0.717) is 12.8 Å². The van der Waals surface area contributed by atoms with Crippen molar-refractivity contribution < 1.29 is 39.8 Å². The molecule has 0 bridgehead atoms. The van der Waals surface area contributed by atoms with Crippen LogP contribution in [0.25, 0.3) is 0 Å². The van der Waals surface area contributed by atoms with Crippen LogP contribution in [-0.4, -0.2) is 87.5 Å². The molecule has 0 spiro atoms. The Morgan fingerprint density at radius 1 is 0.565 bits per heavy atom. The van der Waals surface area contributed by atoms with Crippen LogP contribution in [0.4, 0.5) is 0 Å². The molecule has 0 aromatic rings. The highest BCUT2D eigenvalue weighted by molar-refractivity contribution is 5.76. The highest BCUT2D eigenvalue weighted by atomic mass is 16.7. The highest BCUT2D eigenvalue weighted by Crippen LogP contribution is 2.23. The van der Waals surface area contributed by atoms with Crippen LogP contribution in [0.15, 0.2) is 60.8 Å². The zero-order valence-corrected chi connectivity index (χ0v) is 39.6. The van der Waals surface area contributed by atoms with Crippen LogP contribution in [0.5, 0.6) is 0 Å². The van der Waals surface area contributed by atoms with Crippen LogP contribution in [0, 0.1) is 0 Å². The molecule has 1 saturated heterocycles. The molecule has 0 aromatic carbocycles. The number of aliphatic hydroxyl groups excluding tert-OH is 5. The van der Waals surface area contributed by atoms with Gasteiger partial charge in [-0.15, -0.1) is 0 Å².